The van der Waals surface area contributed by atoms with Crippen molar-refractivity contribution < 1.29 is 5.11 Å². The van der Waals surface area contributed by atoms with Crippen molar-refractivity contribution >= 4 is 15.9 Å². The molecule has 14 heavy (non-hydrogen) atoms. The molecule has 80 valence electrons. The molecule has 1 aliphatic rings. The lowest BCUT2D eigenvalue weighted by Crippen LogP contribution is -1.86. The van der Waals surface area contributed by atoms with Crippen LogP contribution in [0.5, 0.6) is 0 Å². The SMILES string of the molecule is CBr.OCCCCC1=CC=CC=CC1. The third-order valence-electron chi connectivity index (χ3n) is 1.98. The van der Waals surface area contributed by atoms with Gasteiger partial charge >= 0.3 is 0 Å². The van der Waals surface area contributed by atoms with Crippen molar-refractivity contribution in [3.8, 4) is 0 Å². The number of alkyl halides is 1. The quantitative estimate of drug-likeness (QED) is 0.604. The van der Waals surface area contributed by atoms with Gasteiger partial charge in [-0.25, -0.2) is 0 Å². The van der Waals surface area contributed by atoms with Crippen LogP contribution in [0.4, 0.5) is 0 Å². The Morgan fingerprint density at radius 2 is 2.00 bits per heavy atom. The van der Waals surface area contributed by atoms with E-state index in [4.69, 9.17) is 5.11 Å². The Bertz CT molecular complexity index is 204. The molecular formula is C12H19BrO. The number of rotatable bonds is 4. The van der Waals surface area contributed by atoms with E-state index in [1.807, 2.05) is 5.83 Å². The molecule has 0 saturated carbocycles. The first-order valence-corrected chi connectivity index (χ1v) is 6.52. The van der Waals surface area contributed by atoms with E-state index in [2.05, 4.69) is 46.3 Å². The van der Waals surface area contributed by atoms with E-state index >= 15 is 0 Å². The Hall–Kier alpha value is -0.340. The van der Waals surface area contributed by atoms with Crippen LogP contribution in [-0.2, 0) is 0 Å². The largest absolute Gasteiger partial charge is 0.396 e. The minimum atomic E-state index is 0.318. The van der Waals surface area contributed by atoms with E-state index < -0.39 is 0 Å². The average Bonchev–Trinajstić information content (AvgIpc) is 2.50. The fraction of sp³-hybridized carbons (Fsp3) is 0.500. The minimum Gasteiger partial charge on any atom is -0.396 e. The van der Waals surface area contributed by atoms with Crippen molar-refractivity contribution in [2.75, 3.05) is 12.4 Å². The van der Waals surface area contributed by atoms with Crippen LogP contribution in [0.25, 0.3) is 0 Å². The van der Waals surface area contributed by atoms with Crippen molar-refractivity contribution in [2.24, 2.45) is 0 Å². The lowest BCUT2D eigenvalue weighted by atomic mass is 10.1. The third kappa shape index (κ3) is 7.10. The number of aliphatic hydroxyl groups is 1. The highest BCUT2D eigenvalue weighted by molar-refractivity contribution is 9.08. The summed E-state index contributed by atoms with van der Waals surface area (Å²) >= 11 is 2.94. The monoisotopic (exact) mass is 258 g/mol. The van der Waals surface area contributed by atoms with E-state index in [0.717, 1.165) is 25.7 Å². The minimum absolute atomic E-state index is 0.318. The fourth-order valence-corrected chi connectivity index (χ4v) is 1.27. The van der Waals surface area contributed by atoms with E-state index in [-0.39, 0.29) is 0 Å². The highest BCUT2D eigenvalue weighted by Gasteiger charge is 1.95. The summed E-state index contributed by atoms with van der Waals surface area (Å²) in [4.78, 5) is 0. The molecule has 1 N–H and O–H groups in total. The molecule has 1 nitrogen and oxygen atoms in total. The fourth-order valence-electron chi connectivity index (χ4n) is 1.27. The molecule has 1 aliphatic carbocycles. The standard InChI is InChI=1S/C11H16O.CH3Br/c12-10-6-5-9-11-7-3-1-2-4-8-11;1-2/h1-4,7,12H,5-6,8-10H2;1H3. The summed E-state index contributed by atoms with van der Waals surface area (Å²) in [6.07, 6.45) is 14.8. The van der Waals surface area contributed by atoms with E-state index in [1.165, 1.54) is 5.57 Å². The Kier molecular flexibility index (Phi) is 10.5. The molecular weight excluding hydrogens is 240 g/mol. The zero-order chi connectivity index (χ0) is 10.6. The van der Waals surface area contributed by atoms with Crippen molar-refractivity contribution in [1.82, 2.24) is 0 Å². The maximum absolute atomic E-state index is 8.60. The second-order valence-corrected chi connectivity index (χ2v) is 3.02. The van der Waals surface area contributed by atoms with Gasteiger partial charge in [0.15, 0.2) is 0 Å². The van der Waals surface area contributed by atoms with Crippen LogP contribution in [0.1, 0.15) is 25.7 Å². The number of hydrogen-bond acceptors (Lipinski definition) is 1. The molecule has 2 heteroatoms. The Labute approximate surface area is 95.3 Å². The van der Waals surface area contributed by atoms with Crippen LogP contribution < -0.4 is 0 Å². The molecule has 0 aromatic rings. The Morgan fingerprint density at radius 3 is 2.71 bits per heavy atom. The van der Waals surface area contributed by atoms with E-state index in [1.54, 1.807) is 0 Å². The smallest absolute Gasteiger partial charge is 0.0431 e. The molecule has 0 aromatic carbocycles. The third-order valence-corrected chi connectivity index (χ3v) is 1.98. The zero-order valence-corrected chi connectivity index (χ0v) is 10.3. The summed E-state index contributed by atoms with van der Waals surface area (Å²) < 4.78 is 0. The summed E-state index contributed by atoms with van der Waals surface area (Å²) in [5, 5.41) is 8.60. The maximum atomic E-state index is 8.60. The topological polar surface area (TPSA) is 20.2 Å². The van der Waals surface area contributed by atoms with Crippen molar-refractivity contribution in [1.29, 1.82) is 0 Å². The molecule has 0 saturated heterocycles. The second-order valence-electron chi connectivity index (χ2n) is 3.02. The molecule has 0 heterocycles. The van der Waals surface area contributed by atoms with Crippen LogP contribution in [0.2, 0.25) is 0 Å². The molecule has 0 atom stereocenters. The van der Waals surface area contributed by atoms with Crippen LogP contribution in [-0.4, -0.2) is 17.5 Å². The van der Waals surface area contributed by atoms with Gasteiger partial charge in [0.05, 0.1) is 0 Å². The molecule has 0 spiro atoms. The maximum Gasteiger partial charge on any atom is 0.0431 e. The van der Waals surface area contributed by atoms with Gasteiger partial charge in [0.25, 0.3) is 0 Å². The van der Waals surface area contributed by atoms with Gasteiger partial charge in [-0.2, -0.15) is 0 Å². The first-order chi connectivity index (χ1) is 6.93. The van der Waals surface area contributed by atoms with Gasteiger partial charge in [0.2, 0.25) is 0 Å². The normalized spacial score (nSPS) is 14.1. The molecule has 1 rings (SSSR count). The Morgan fingerprint density at radius 1 is 1.21 bits per heavy atom. The zero-order valence-electron chi connectivity index (χ0n) is 8.75. The molecule has 0 radical (unpaired) electrons. The van der Waals surface area contributed by atoms with E-state index in [9.17, 15) is 0 Å². The van der Waals surface area contributed by atoms with E-state index in [0.29, 0.717) is 6.61 Å². The summed E-state index contributed by atoms with van der Waals surface area (Å²) in [5.41, 5.74) is 1.47. The molecule has 0 aliphatic heterocycles. The molecule has 0 fully saturated rings. The van der Waals surface area contributed by atoms with Crippen molar-refractivity contribution in [3.05, 3.63) is 36.0 Å². The van der Waals surface area contributed by atoms with Crippen LogP contribution in [0, 0.1) is 0 Å². The van der Waals surface area contributed by atoms with Crippen molar-refractivity contribution in [3.63, 3.8) is 0 Å². The molecule has 0 amide bonds. The first kappa shape index (κ1) is 13.7. The van der Waals surface area contributed by atoms with Gasteiger partial charge in [-0.3, -0.25) is 0 Å². The van der Waals surface area contributed by atoms with Gasteiger partial charge in [0.1, 0.15) is 0 Å². The van der Waals surface area contributed by atoms with Crippen LogP contribution >= 0.6 is 15.9 Å². The van der Waals surface area contributed by atoms with Crippen LogP contribution in [0.3, 0.4) is 0 Å². The average molecular weight is 259 g/mol. The number of halogens is 1. The summed E-state index contributed by atoms with van der Waals surface area (Å²) in [6.45, 7) is 0.318. The molecule has 0 bridgehead atoms. The first-order valence-electron chi connectivity index (χ1n) is 4.93. The van der Waals surface area contributed by atoms with Gasteiger partial charge < -0.3 is 5.11 Å². The lowest BCUT2D eigenvalue weighted by molar-refractivity contribution is 0.284. The second kappa shape index (κ2) is 10.7. The van der Waals surface area contributed by atoms with Gasteiger partial charge in [0, 0.05) is 6.61 Å². The Balaban J connectivity index is 0.000000791. The predicted octanol–water partition coefficient (Wildman–Crippen LogP) is 3.60. The highest BCUT2D eigenvalue weighted by Crippen LogP contribution is 2.14. The van der Waals surface area contributed by atoms with Gasteiger partial charge in [-0.05, 0) is 31.5 Å². The summed E-state index contributed by atoms with van der Waals surface area (Å²) in [6, 6.07) is 0. The lowest BCUT2D eigenvalue weighted by Gasteiger charge is -2.01. The molecule has 0 unspecified atom stereocenters. The van der Waals surface area contributed by atoms with Crippen molar-refractivity contribution in [2.45, 2.75) is 25.7 Å². The summed E-state index contributed by atoms with van der Waals surface area (Å²) in [7, 11) is 0. The van der Waals surface area contributed by atoms with Gasteiger partial charge in [-0.1, -0.05) is 51.9 Å². The number of aliphatic hydroxyl groups excluding tert-OH is 1. The van der Waals surface area contributed by atoms with Crippen LogP contribution in [0.15, 0.2) is 36.0 Å². The predicted molar refractivity (Wildman–Crippen MR) is 66.8 cm³/mol. The summed E-state index contributed by atoms with van der Waals surface area (Å²) in [5.74, 6) is 1.81. The number of hydrogen-bond donors (Lipinski definition) is 1. The number of unbranched alkanes of at least 4 members (excludes halogenated alkanes) is 1. The highest BCUT2D eigenvalue weighted by atomic mass is 79.9. The number of allylic oxidation sites excluding steroid dienone is 6. The molecule has 0 aromatic heterocycles. The van der Waals surface area contributed by atoms with Gasteiger partial charge in [-0.15, -0.1) is 0 Å².